The van der Waals surface area contributed by atoms with Gasteiger partial charge >= 0.3 is 0 Å². The molecule has 0 saturated heterocycles. The van der Waals surface area contributed by atoms with Crippen LogP contribution in [0.25, 0.3) is 5.69 Å². The van der Waals surface area contributed by atoms with Crippen molar-refractivity contribution in [2.24, 2.45) is 0 Å². The highest BCUT2D eigenvalue weighted by molar-refractivity contribution is 5.59. The number of hydrogen-bond donors (Lipinski definition) is 1. The maximum atomic E-state index is 14.6. The highest BCUT2D eigenvalue weighted by atomic mass is 19.1. The fraction of sp³-hybridized carbons (Fsp3) is 0.222. The molecular weight excluding hydrogens is 326 g/mol. The first kappa shape index (κ1) is 16.9. The van der Waals surface area contributed by atoms with Gasteiger partial charge in [0.2, 0.25) is 5.95 Å². The summed E-state index contributed by atoms with van der Waals surface area (Å²) in [6, 6.07) is 9.24. The van der Waals surface area contributed by atoms with Gasteiger partial charge in [-0.25, -0.2) is 13.5 Å². The van der Waals surface area contributed by atoms with E-state index in [9.17, 15) is 8.78 Å². The molecule has 0 aliphatic rings. The van der Waals surface area contributed by atoms with Gasteiger partial charge in [-0.1, -0.05) is 6.07 Å². The lowest BCUT2D eigenvalue weighted by atomic mass is 10.2. The topological polar surface area (TPSA) is 52.0 Å². The van der Waals surface area contributed by atoms with Crippen molar-refractivity contribution in [3.63, 3.8) is 0 Å². The molecule has 1 heterocycles. The Morgan fingerprint density at radius 3 is 2.68 bits per heavy atom. The molecule has 3 rings (SSSR count). The first-order valence-corrected chi connectivity index (χ1v) is 7.84. The molecule has 7 heteroatoms. The second kappa shape index (κ2) is 6.88. The van der Waals surface area contributed by atoms with Crippen LogP contribution in [0.15, 0.2) is 42.7 Å². The minimum absolute atomic E-state index is 0.144. The third-order valence-electron chi connectivity index (χ3n) is 3.36. The van der Waals surface area contributed by atoms with E-state index in [2.05, 4.69) is 15.4 Å². The van der Waals surface area contributed by atoms with E-state index in [1.165, 1.54) is 23.1 Å². The van der Waals surface area contributed by atoms with E-state index >= 15 is 0 Å². The van der Waals surface area contributed by atoms with Crippen LogP contribution in [0, 0.1) is 18.6 Å². The molecule has 3 aromatic rings. The Bertz CT molecular complexity index is 893. The molecule has 0 amide bonds. The van der Waals surface area contributed by atoms with Crippen LogP contribution >= 0.6 is 0 Å². The molecule has 0 bridgehead atoms. The number of aromatic nitrogens is 3. The van der Waals surface area contributed by atoms with Crippen LogP contribution in [0.4, 0.5) is 20.4 Å². The normalized spacial score (nSPS) is 11.0. The van der Waals surface area contributed by atoms with Crippen LogP contribution in [0.3, 0.4) is 0 Å². The Morgan fingerprint density at radius 2 is 1.96 bits per heavy atom. The summed E-state index contributed by atoms with van der Waals surface area (Å²) in [4.78, 5) is 4.09. The van der Waals surface area contributed by atoms with Gasteiger partial charge in [-0.2, -0.15) is 4.98 Å². The SMILES string of the molecule is Cc1cc(Nc2ncn(-c3cccc(F)c3)n2)c(F)c(OC(C)C)c1. The number of anilines is 2. The van der Waals surface area contributed by atoms with Crippen molar-refractivity contribution in [3.05, 3.63) is 59.9 Å². The Morgan fingerprint density at radius 1 is 1.16 bits per heavy atom. The zero-order valence-electron chi connectivity index (χ0n) is 14.1. The summed E-state index contributed by atoms with van der Waals surface area (Å²) in [5.41, 5.74) is 1.57. The van der Waals surface area contributed by atoms with Gasteiger partial charge in [0, 0.05) is 0 Å². The number of nitrogens with zero attached hydrogens (tertiary/aromatic N) is 3. The maximum Gasteiger partial charge on any atom is 0.247 e. The lowest BCUT2D eigenvalue weighted by molar-refractivity contribution is 0.231. The average molecular weight is 344 g/mol. The molecule has 0 atom stereocenters. The van der Waals surface area contributed by atoms with Gasteiger partial charge in [0.1, 0.15) is 12.1 Å². The molecule has 0 saturated carbocycles. The monoisotopic (exact) mass is 344 g/mol. The number of hydrogen-bond acceptors (Lipinski definition) is 4. The van der Waals surface area contributed by atoms with E-state index in [0.717, 1.165) is 5.56 Å². The van der Waals surface area contributed by atoms with Gasteiger partial charge in [0.05, 0.1) is 17.5 Å². The zero-order valence-corrected chi connectivity index (χ0v) is 14.1. The fourth-order valence-electron chi connectivity index (χ4n) is 2.35. The largest absolute Gasteiger partial charge is 0.488 e. The van der Waals surface area contributed by atoms with E-state index < -0.39 is 5.82 Å². The van der Waals surface area contributed by atoms with Gasteiger partial charge in [0.15, 0.2) is 11.6 Å². The molecule has 0 radical (unpaired) electrons. The minimum Gasteiger partial charge on any atom is -0.488 e. The number of ether oxygens (including phenoxy) is 1. The standard InChI is InChI=1S/C18H18F2N4O/c1-11(2)25-16-8-12(3)7-15(17(16)20)22-18-21-10-24(23-18)14-6-4-5-13(19)9-14/h4-11H,1-3H3,(H,22,23). The predicted molar refractivity (Wildman–Crippen MR) is 91.5 cm³/mol. The molecule has 0 fully saturated rings. The zero-order chi connectivity index (χ0) is 18.0. The van der Waals surface area contributed by atoms with Crippen LogP contribution in [0.2, 0.25) is 0 Å². The molecule has 0 aliphatic carbocycles. The van der Waals surface area contributed by atoms with Crippen molar-refractivity contribution >= 4 is 11.6 Å². The van der Waals surface area contributed by atoms with Crippen molar-refractivity contribution in [1.29, 1.82) is 0 Å². The number of benzene rings is 2. The van der Waals surface area contributed by atoms with E-state index in [0.29, 0.717) is 5.69 Å². The molecular formula is C18H18F2N4O. The van der Waals surface area contributed by atoms with Gasteiger partial charge in [-0.15, -0.1) is 5.10 Å². The van der Waals surface area contributed by atoms with Gasteiger partial charge in [-0.3, -0.25) is 0 Å². The van der Waals surface area contributed by atoms with Crippen LogP contribution in [-0.4, -0.2) is 20.9 Å². The van der Waals surface area contributed by atoms with E-state index in [1.807, 2.05) is 20.8 Å². The third-order valence-corrected chi connectivity index (χ3v) is 3.36. The summed E-state index contributed by atoms with van der Waals surface area (Å²) >= 11 is 0. The highest BCUT2D eigenvalue weighted by Crippen LogP contribution is 2.29. The van der Waals surface area contributed by atoms with Crippen molar-refractivity contribution < 1.29 is 13.5 Å². The lowest BCUT2D eigenvalue weighted by Gasteiger charge is -2.14. The molecule has 2 aromatic carbocycles. The smallest absolute Gasteiger partial charge is 0.247 e. The van der Waals surface area contributed by atoms with E-state index in [-0.39, 0.29) is 29.3 Å². The van der Waals surface area contributed by atoms with Crippen LogP contribution < -0.4 is 10.1 Å². The van der Waals surface area contributed by atoms with Crippen molar-refractivity contribution in [3.8, 4) is 11.4 Å². The number of rotatable bonds is 5. The quantitative estimate of drug-likeness (QED) is 0.746. The van der Waals surface area contributed by atoms with Crippen LogP contribution in [0.5, 0.6) is 5.75 Å². The Kier molecular flexibility index (Phi) is 4.65. The highest BCUT2D eigenvalue weighted by Gasteiger charge is 2.14. The third kappa shape index (κ3) is 3.93. The maximum absolute atomic E-state index is 14.6. The summed E-state index contributed by atoms with van der Waals surface area (Å²) in [6.07, 6.45) is 1.28. The fourth-order valence-corrected chi connectivity index (χ4v) is 2.35. The summed E-state index contributed by atoms with van der Waals surface area (Å²) in [7, 11) is 0. The summed E-state index contributed by atoms with van der Waals surface area (Å²) in [5.74, 6) is -0.518. The molecule has 0 spiro atoms. The summed E-state index contributed by atoms with van der Waals surface area (Å²) < 4.78 is 34.8. The number of nitrogens with one attached hydrogen (secondary N) is 1. The van der Waals surface area contributed by atoms with Crippen LogP contribution in [0.1, 0.15) is 19.4 Å². The van der Waals surface area contributed by atoms with Gasteiger partial charge < -0.3 is 10.1 Å². The molecule has 5 nitrogen and oxygen atoms in total. The Labute approximate surface area is 144 Å². The number of halogens is 2. The molecule has 0 aliphatic heterocycles. The molecule has 130 valence electrons. The molecule has 0 unspecified atom stereocenters. The van der Waals surface area contributed by atoms with Crippen molar-refractivity contribution in [2.75, 3.05) is 5.32 Å². The van der Waals surface area contributed by atoms with Crippen molar-refractivity contribution in [2.45, 2.75) is 26.9 Å². The second-order valence-electron chi connectivity index (χ2n) is 5.91. The number of aryl methyl sites for hydroxylation is 1. The first-order chi connectivity index (χ1) is 11.9. The molecule has 25 heavy (non-hydrogen) atoms. The summed E-state index contributed by atoms with van der Waals surface area (Å²) in [5, 5.41) is 7.04. The Balaban J connectivity index is 1.87. The minimum atomic E-state index is -0.513. The van der Waals surface area contributed by atoms with E-state index in [1.54, 1.807) is 24.3 Å². The Hall–Kier alpha value is -2.96. The lowest BCUT2D eigenvalue weighted by Crippen LogP contribution is -2.08. The predicted octanol–water partition coefficient (Wildman–Crippen LogP) is 4.38. The first-order valence-electron chi connectivity index (χ1n) is 7.84. The van der Waals surface area contributed by atoms with Crippen LogP contribution in [-0.2, 0) is 0 Å². The van der Waals surface area contributed by atoms with Crippen molar-refractivity contribution in [1.82, 2.24) is 14.8 Å². The summed E-state index contributed by atoms with van der Waals surface area (Å²) in [6.45, 7) is 5.50. The van der Waals surface area contributed by atoms with Gasteiger partial charge in [-0.05, 0) is 56.7 Å². The average Bonchev–Trinajstić information content (AvgIpc) is 3.00. The second-order valence-corrected chi connectivity index (χ2v) is 5.91. The molecule has 1 N–H and O–H groups in total. The van der Waals surface area contributed by atoms with Gasteiger partial charge in [0.25, 0.3) is 0 Å². The molecule has 1 aromatic heterocycles. The van der Waals surface area contributed by atoms with E-state index in [4.69, 9.17) is 4.74 Å².